The van der Waals surface area contributed by atoms with Crippen molar-refractivity contribution in [2.24, 2.45) is 0 Å². The number of aromatic nitrogens is 1. The van der Waals surface area contributed by atoms with E-state index >= 15 is 0 Å². The third kappa shape index (κ3) is 3.06. The van der Waals surface area contributed by atoms with Gasteiger partial charge in [0.05, 0.1) is 20.3 Å². The zero-order chi connectivity index (χ0) is 13.2. The van der Waals surface area contributed by atoms with Crippen molar-refractivity contribution in [1.29, 1.82) is 0 Å². The van der Waals surface area contributed by atoms with Gasteiger partial charge in [-0.05, 0) is 29.8 Å². The van der Waals surface area contributed by atoms with Crippen LogP contribution in [-0.4, -0.2) is 4.98 Å². The molecule has 0 aliphatic carbocycles. The van der Waals surface area contributed by atoms with E-state index in [1.54, 1.807) is 23.1 Å². The second-order valence-corrected chi connectivity index (χ2v) is 7.05. The van der Waals surface area contributed by atoms with Gasteiger partial charge in [0.25, 0.3) is 0 Å². The van der Waals surface area contributed by atoms with Crippen molar-refractivity contribution in [3.8, 4) is 0 Å². The highest BCUT2D eigenvalue weighted by Crippen LogP contribution is 2.32. The molecule has 5 heteroatoms. The van der Waals surface area contributed by atoms with E-state index in [0.717, 1.165) is 21.2 Å². The molecule has 0 bridgehead atoms. The molecule has 0 saturated carbocycles. The van der Waals surface area contributed by atoms with Crippen molar-refractivity contribution in [3.05, 3.63) is 58.1 Å². The first kappa shape index (κ1) is 13.3. The fourth-order valence-electron chi connectivity index (χ4n) is 1.69. The zero-order valence-corrected chi connectivity index (χ0v) is 12.9. The van der Waals surface area contributed by atoms with Crippen LogP contribution >= 0.6 is 46.3 Å². The normalized spacial score (nSPS) is 11.1. The minimum atomic E-state index is 0.593. The van der Waals surface area contributed by atoms with E-state index in [2.05, 4.69) is 11.1 Å². The van der Waals surface area contributed by atoms with Crippen molar-refractivity contribution in [2.75, 3.05) is 0 Å². The third-order valence-electron chi connectivity index (χ3n) is 2.62. The summed E-state index contributed by atoms with van der Waals surface area (Å²) in [7, 11) is 0. The molecule has 3 aromatic rings. The predicted octanol–water partition coefficient (Wildman–Crippen LogP) is 5.90. The summed E-state index contributed by atoms with van der Waals surface area (Å²) in [4.78, 5) is 4.59. The standard InChI is InChI=1S/C14H9Cl2NS2/c15-10-6-5-9(7-11(10)16)8-18-14-17-12-3-1-2-4-13(12)19-14/h1-7H,8H2. The highest BCUT2D eigenvalue weighted by molar-refractivity contribution is 8.00. The van der Waals surface area contributed by atoms with Crippen molar-refractivity contribution < 1.29 is 0 Å². The number of benzene rings is 2. The smallest absolute Gasteiger partial charge is 0.151 e. The number of rotatable bonds is 3. The van der Waals surface area contributed by atoms with Crippen LogP contribution in [0.4, 0.5) is 0 Å². The van der Waals surface area contributed by atoms with E-state index in [-0.39, 0.29) is 0 Å². The Labute approximate surface area is 129 Å². The molecule has 1 heterocycles. The molecule has 0 radical (unpaired) electrons. The fraction of sp³-hybridized carbons (Fsp3) is 0.0714. The van der Waals surface area contributed by atoms with Crippen molar-refractivity contribution in [3.63, 3.8) is 0 Å². The molecule has 0 aliphatic heterocycles. The summed E-state index contributed by atoms with van der Waals surface area (Å²) in [6.45, 7) is 0. The van der Waals surface area contributed by atoms with Crippen LogP contribution in [-0.2, 0) is 5.75 Å². The van der Waals surface area contributed by atoms with Crippen LogP contribution in [0.2, 0.25) is 10.0 Å². The quantitative estimate of drug-likeness (QED) is 0.556. The van der Waals surface area contributed by atoms with E-state index < -0.39 is 0 Å². The molecule has 0 atom stereocenters. The summed E-state index contributed by atoms with van der Waals surface area (Å²) in [5, 5.41) is 1.19. The minimum absolute atomic E-state index is 0.593. The molecule has 0 amide bonds. The zero-order valence-electron chi connectivity index (χ0n) is 9.77. The van der Waals surface area contributed by atoms with Gasteiger partial charge in [-0.2, -0.15) is 0 Å². The Balaban J connectivity index is 1.76. The molecule has 1 nitrogen and oxygen atoms in total. The highest BCUT2D eigenvalue weighted by atomic mass is 35.5. The van der Waals surface area contributed by atoms with Crippen LogP contribution < -0.4 is 0 Å². The van der Waals surface area contributed by atoms with Crippen LogP contribution in [0, 0.1) is 0 Å². The lowest BCUT2D eigenvalue weighted by atomic mass is 10.2. The Morgan fingerprint density at radius 3 is 2.68 bits per heavy atom. The number of para-hydroxylation sites is 1. The molecule has 2 aromatic carbocycles. The number of fused-ring (bicyclic) bond motifs is 1. The Kier molecular flexibility index (Phi) is 3.99. The monoisotopic (exact) mass is 325 g/mol. The van der Waals surface area contributed by atoms with E-state index in [9.17, 15) is 0 Å². The van der Waals surface area contributed by atoms with Crippen LogP contribution in [0.3, 0.4) is 0 Å². The van der Waals surface area contributed by atoms with Gasteiger partial charge in [-0.3, -0.25) is 0 Å². The SMILES string of the molecule is Clc1ccc(CSc2nc3ccccc3s2)cc1Cl. The lowest BCUT2D eigenvalue weighted by molar-refractivity contribution is 1.29. The topological polar surface area (TPSA) is 12.9 Å². The van der Waals surface area contributed by atoms with E-state index in [0.29, 0.717) is 10.0 Å². The second-order valence-electron chi connectivity index (χ2n) is 3.98. The summed E-state index contributed by atoms with van der Waals surface area (Å²) in [6, 6.07) is 13.9. The maximum atomic E-state index is 6.01. The summed E-state index contributed by atoms with van der Waals surface area (Å²) < 4.78 is 2.30. The summed E-state index contributed by atoms with van der Waals surface area (Å²) in [5.41, 5.74) is 2.21. The molecule has 0 spiro atoms. The molecule has 0 saturated heterocycles. The lowest BCUT2D eigenvalue weighted by Gasteiger charge is -2.01. The number of thioether (sulfide) groups is 1. The van der Waals surface area contributed by atoms with Gasteiger partial charge in [-0.15, -0.1) is 11.3 Å². The van der Waals surface area contributed by atoms with E-state index in [4.69, 9.17) is 23.2 Å². The Morgan fingerprint density at radius 2 is 1.89 bits per heavy atom. The van der Waals surface area contributed by atoms with Gasteiger partial charge < -0.3 is 0 Å². The Morgan fingerprint density at radius 1 is 1.05 bits per heavy atom. The second kappa shape index (κ2) is 5.71. The average Bonchev–Trinajstić information content (AvgIpc) is 2.83. The molecule has 3 rings (SSSR count). The predicted molar refractivity (Wildman–Crippen MR) is 85.6 cm³/mol. The number of hydrogen-bond acceptors (Lipinski definition) is 3. The maximum absolute atomic E-state index is 6.01. The van der Waals surface area contributed by atoms with Gasteiger partial charge in [0.1, 0.15) is 0 Å². The highest BCUT2D eigenvalue weighted by Gasteiger charge is 2.05. The molecular formula is C14H9Cl2NS2. The first-order chi connectivity index (χ1) is 9.22. The van der Waals surface area contributed by atoms with Gasteiger partial charge in [0, 0.05) is 5.75 Å². The number of hydrogen-bond donors (Lipinski definition) is 0. The van der Waals surface area contributed by atoms with Crippen LogP contribution in [0.15, 0.2) is 46.8 Å². The van der Waals surface area contributed by atoms with Crippen LogP contribution in [0.1, 0.15) is 5.56 Å². The first-order valence-electron chi connectivity index (χ1n) is 5.65. The fourth-order valence-corrected chi connectivity index (χ4v) is 4.02. The maximum Gasteiger partial charge on any atom is 0.151 e. The molecule has 96 valence electrons. The lowest BCUT2D eigenvalue weighted by Crippen LogP contribution is -1.80. The van der Waals surface area contributed by atoms with E-state index in [1.165, 1.54) is 4.70 Å². The minimum Gasteiger partial charge on any atom is -0.230 e. The van der Waals surface area contributed by atoms with Crippen LogP contribution in [0.25, 0.3) is 10.2 Å². The van der Waals surface area contributed by atoms with Gasteiger partial charge in [-0.1, -0.05) is 53.2 Å². The van der Waals surface area contributed by atoms with E-state index in [1.807, 2.05) is 36.4 Å². The van der Waals surface area contributed by atoms with Gasteiger partial charge in [0.2, 0.25) is 0 Å². The molecular weight excluding hydrogens is 317 g/mol. The third-order valence-corrected chi connectivity index (χ3v) is 5.61. The van der Waals surface area contributed by atoms with Crippen molar-refractivity contribution in [1.82, 2.24) is 4.98 Å². The molecule has 0 unspecified atom stereocenters. The number of thiazole rings is 1. The molecule has 0 N–H and O–H groups in total. The summed E-state index contributed by atoms with van der Waals surface area (Å²) >= 11 is 15.3. The van der Waals surface area contributed by atoms with Gasteiger partial charge in [0.15, 0.2) is 4.34 Å². The summed E-state index contributed by atoms with van der Waals surface area (Å²) in [5.74, 6) is 0.844. The summed E-state index contributed by atoms with van der Waals surface area (Å²) in [6.07, 6.45) is 0. The van der Waals surface area contributed by atoms with Gasteiger partial charge >= 0.3 is 0 Å². The Hall–Kier alpha value is -0.740. The molecule has 1 aromatic heterocycles. The largest absolute Gasteiger partial charge is 0.230 e. The van der Waals surface area contributed by atoms with Gasteiger partial charge in [-0.25, -0.2) is 4.98 Å². The molecule has 0 fully saturated rings. The average molecular weight is 326 g/mol. The van der Waals surface area contributed by atoms with Crippen molar-refractivity contribution in [2.45, 2.75) is 10.1 Å². The van der Waals surface area contributed by atoms with Crippen molar-refractivity contribution >= 4 is 56.5 Å². The number of halogens is 2. The first-order valence-corrected chi connectivity index (χ1v) is 8.20. The Bertz CT molecular complexity index is 691. The molecule has 0 aliphatic rings. The van der Waals surface area contributed by atoms with Crippen LogP contribution in [0.5, 0.6) is 0 Å². The molecule has 19 heavy (non-hydrogen) atoms. The number of nitrogens with zero attached hydrogens (tertiary/aromatic N) is 1.